The molecule has 1 aromatic carbocycles. The molecule has 1 aliphatic heterocycles. The van der Waals surface area contributed by atoms with Crippen molar-refractivity contribution in [3.8, 4) is 0 Å². The molecule has 1 saturated heterocycles. The number of ether oxygens (including phenoxy) is 1. The molecule has 120 valence electrons. The molecule has 1 amide bonds. The molecule has 1 aliphatic rings. The van der Waals surface area contributed by atoms with E-state index in [0.717, 1.165) is 24.9 Å². The summed E-state index contributed by atoms with van der Waals surface area (Å²) < 4.78 is 5.07. The van der Waals surface area contributed by atoms with E-state index in [-0.39, 0.29) is 17.8 Å². The maximum atomic E-state index is 12.0. The third-order valence-electron chi connectivity index (χ3n) is 3.83. The Morgan fingerprint density at radius 1 is 1.32 bits per heavy atom. The summed E-state index contributed by atoms with van der Waals surface area (Å²) in [6, 6.07) is 9.83. The normalized spacial score (nSPS) is 18.7. The van der Waals surface area contributed by atoms with Gasteiger partial charge in [-0.3, -0.25) is 14.5 Å². The first-order valence-electron chi connectivity index (χ1n) is 7.88. The van der Waals surface area contributed by atoms with Gasteiger partial charge in [-0.05, 0) is 31.9 Å². The third kappa shape index (κ3) is 5.15. The molecule has 1 heterocycles. The first kappa shape index (κ1) is 16.5. The number of nitrogens with one attached hydrogen (secondary N) is 1. The van der Waals surface area contributed by atoms with Crippen LogP contribution in [0.25, 0.3) is 0 Å². The van der Waals surface area contributed by atoms with Crippen molar-refractivity contribution in [3.05, 3.63) is 35.9 Å². The van der Waals surface area contributed by atoms with Crippen LogP contribution in [0.3, 0.4) is 0 Å². The van der Waals surface area contributed by atoms with Gasteiger partial charge in [-0.15, -0.1) is 0 Å². The number of carbonyl (C=O) groups excluding carboxylic acids is 2. The molecule has 1 N–H and O–H groups in total. The standard InChI is InChI=1S/C17H24N2O3/c1-2-22-17(21)15-9-6-10-19(12-15)13-16(20)18-11-14-7-4-3-5-8-14/h3-5,7-8,15H,2,6,9-13H2,1H3,(H,18,20)/t15-/m1/s1. The topological polar surface area (TPSA) is 58.6 Å². The van der Waals surface area contributed by atoms with E-state index in [0.29, 0.717) is 26.2 Å². The zero-order valence-electron chi connectivity index (χ0n) is 13.1. The summed E-state index contributed by atoms with van der Waals surface area (Å²) in [4.78, 5) is 25.8. The van der Waals surface area contributed by atoms with E-state index in [1.54, 1.807) is 0 Å². The number of nitrogens with zero attached hydrogens (tertiary/aromatic N) is 1. The van der Waals surface area contributed by atoms with E-state index in [4.69, 9.17) is 4.74 Å². The average molecular weight is 304 g/mol. The van der Waals surface area contributed by atoms with E-state index in [1.165, 1.54) is 0 Å². The number of rotatable bonds is 6. The second kappa shape index (κ2) is 8.54. The number of likely N-dealkylation sites (tertiary alicyclic amines) is 1. The van der Waals surface area contributed by atoms with Gasteiger partial charge in [0.25, 0.3) is 0 Å². The van der Waals surface area contributed by atoms with Gasteiger partial charge in [0.05, 0.1) is 19.1 Å². The Kier molecular flexibility index (Phi) is 6.40. The summed E-state index contributed by atoms with van der Waals surface area (Å²) in [5, 5.41) is 2.92. The van der Waals surface area contributed by atoms with Crippen molar-refractivity contribution < 1.29 is 14.3 Å². The number of esters is 1. The molecule has 0 radical (unpaired) electrons. The van der Waals surface area contributed by atoms with Gasteiger partial charge in [0.2, 0.25) is 5.91 Å². The van der Waals surface area contributed by atoms with Crippen molar-refractivity contribution in [2.45, 2.75) is 26.3 Å². The molecule has 22 heavy (non-hydrogen) atoms. The maximum absolute atomic E-state index is 12.0. The van der Waals surface area contributed by atoms with Gasteiger partial charge in [0.15, 0.2) is 0 Å². The second-order valence-corrected chi connectivity index (χ2v) is 5.59. The smallest absolute Gasteiger partial charge is 0.310 e. The van der Waals surface area contributed by atoms with Crippen LogP contribution >= 0.6 is 0 Å². The van der Waals surface area contributed by atoms with Crippen molar-refractivity contribution in [1.29, 1.82) is 0 Å². The largest absolute Gasteiger partial charge is 0.466 e. The molecule has 5 heteroatoms. The molecule has 0 spiro atoms. The minimum absolute atomic E-state index is 0.00615. The number of carbonyl (C=O) groups is 2. The first-order valence-corrected chi connectivity index (χ1v) is 7.88. The lowest BCUT2D eigenvalue weighted by Crippen LogP contribution is -2.44. The molecular formula is C17H24N2O3. The van der Waals surface area contributed by atoms with Crippen LogP contribution < -0.4 is 5.32 Å². The highest BCUT2D eigenvalue weighted by molar-refractivity contribution is 5.78. The molecule has 0 unspecified atom stereocenters. The average Bonchev–Trinajstić information content (AvgIpc) is 2.54. The fourth-order valence-corrected chi connectivity index (χ4v) is 2.71. The van der Waals surface area contributed by atoms with Crippen LogP contribution in [0.1, 0.15) is 25.3 Å². The monoisotopic (exact) mass is 304 g/mol. The Labute approximate surface area is 131 Å². The molecule has 2 rings (SSSR count). The minimum atomic E-state index is -0.142. The Morgan fingerprint density at radius 2 is 2.09 bits per heavy atom. The molecule has 0 aliphatic carbocycles. The van der Waals surface area contributed by atoms with Crippen molar-refractivity contribution in [3.63, 3.8) is 0 Å². The van der Waals surface area contributed by atoms with Crippen LogP contribution in [-0.4, -0.2) is 43.0 Å². The number of benzene rings is 1. The van der Waals surface area contributed by atoms with Gasteiger partial charge in [0, 0.05) is 13.1 Å². The molecule has 0 saturated carbocycles. The lowest BCUT2D eigenvalue weighted by atomic mass is 9.98. The van der Waals surface area contributed by atoms with Gasteiger partial charge < -0.3 is 10.1 Å². The van der Waals surface area contributed by atoms with Crippen molar-refractivity contribution in [1.82, 2.24) is 10.2 Å². The zero-order chi connectivity index (χ0) is 15.8. The van der Waals surface area contributed by atoms with Crippen molar-refractivity contribution in [2.75, 3.05) is 26.2 Å². The van der Waals surface area contributed by atoms with Gasteiger partial charge in [0.1, 0.15) is 0 Å². The zero-order valence-corrected chi connectivity index (χ0v) is 13.1. The number of piperidine rings is 1. The molecular weight excluding hydrogens is 280 g/mol. The van der Waals surface area contributed by atoms with Crippen LogP contribution in [0.2, 0.25) is 0 Å². The molecule has 1 aromatic rings. The fourth-order valence-electron chi connectivity index (χ4n) is 2.71. The highest BCUT2D eigenvalue weighted by Crippen LogP contribution is 2.17. The quantitative estimate of drug-likeness (QED) is 0.811. The van der Waals surface area contributed by atoms with Gasteiger partial charge in [-0.25, -0.2) is 0 Å². The van der Waals surface area contributed by atoms with Crippen LogP contribution in [0.15, 0.2) is 30.3 Å². The summed E-state index contributed by atoms with van der Waals surface area (Å²) in [5.74, 6) is -0.249. The Bertz CT molecular complexity index is 490. The van der Waals surface area contributed by atoms with Crippen LogP contribution in [0.4, 0.5) is 0 Å². The van der Waals surface area contributed by atoms with E-state index in [9.17, 15) is 9.59 Å². The van der Waals surface area contributed by atoms with Crippen molar-refractivity contribution in [2.24, 2.45) is 5.92 Å². The van der Waals surface area contributed by atoms with Crippen LogP contribution in [0, 0.1) is 5.92 Å². The predicted molar refractivity (Wildman–Crippen MR) is 84.1 cm³/mol. The van der Waals surface area contributed by atoms with E-state index >= 15 is 0 Å². The van der Waals surface area contributed by atoms with Gasteiger partial charge in [-0.1, -0.05) is 30.3 Å². The summed E-state index contributed by atoms with van der Waals surface area (Å²) >= 11 is 0. The van der Waals surface area contributed by atoms with E-state index < -0.39 is 0 Å². The molecule has 1 fully saturated rings. The molecule has 0 aromatic heterocycles. The number of hydrogen-bond acceptors (Lipinski definition) is 4. The summed E-state index contributed by atoms with van der Waals surface area (Å²) in [6.45, 7) is 4.56. The Hall–Kier alpha value is -1.88. The lowest BCUT2D eigenvalue weighted by molar-refractivity contribution is -0.150. The van der Waals surface area contributed by atoms with Crippen LogP contribution in [-0.2, 0) is 20.9 Å². The highest BCUT2D eigenvalue weighted by atomic mass is 16.5. The van der Waals surface area contributed by atoms with Gasteiger partial charge >= 0.3 is 5.97 Å². The number of hydrogen-bond donors (Lipinski definition) is 1. The summed E-state index contributed by atoms with van der Waals surface area (Å²) in [6.07, 6.45) is 1.77. The number of amides is 1. The molecule has 0 bridgehead atoms. The minimum Gasteiger partial charge on any atom is -0.466 e. The summed E-state index contributed by atoms with van der Waals surface area (Å²) in [5.41, 5.74) is 1.08. The van der Waals surface area contributed by atoms with Gasteiger partial charge in [-0.2, -0.15) is 0 Å². The lowest BCUT2D eigenvalue weighted by Gasteiger charge is -2.30. The van der Waals surface area contributed by atoms with E-state index in [2.05, 4.69) is 5.32 Å². The summed E-state index contributed by atoms with van der Waals surface area (Å²) in [7, 11) is 0. The molecule has 5 nitrogen and oxygen atoms in total. The fraction of sp³-hybridized carbons (Fsp3) is 0.529. The Morgan fingerprint density at radius 3 is 2.82 bits per heavy atom. The predicted octanol–water partition coefficient (Wildman–Crippen LogP) is 1.58. The SMILES string of the molecule is CCOC(=O)[C@@H]1CCCN(CC(=O)NCc2ccccc2)C1. The third-order valence-corrected chi connectivity index (χ3v) is 3.83. The van der Waals surface area contributed by atoms with E-state index in [1.807, 2.05) is 42.2 Å². The Balaban J connectivity index is 1.75. The van der Waals surface area contributed by atoms with Crippen molar-refractivity contribution >= 4 is 11.9 Å². The second-order valence-electron chi connectivity index (χ2n) is 5.59. The maximum Gasteiger partial charge on any atom is 0.310 e. The highest BCUT2D eigenvalue weighted by Gasteiger charge is 2.27. The molecule has 1 atom stereocenters. The first-order chi connectivity index (χ1) is 10.7. The van der Waals surface area contributed by atoms with Crippen LogP contribution in [0.5, 0.6) is 0 Å².